The van der Waals surface area contributed by atoms with Crippen LogP contribution in [0.1, 0.15) is 115 Å². The van der Waals surface area contributed by atoms with Crippen molar-refractivity contribution in [2.75, 3.05) is 55.0 Å². The maximum Gasteiger partial charge on any atom is 0.0652 e. The van der Waals surface area contributed by atoms with Crippen molar-refractivity contribution in [3.8, 4) is 0 Å². The van der Waals surface area contributed by atoms with Crippen LogP contribution in [0.3, 0.4) is 0 Å². The molecule has 2 fully saturated rings. The van der Waals surface area contributed by atoms with Gasteiger partial charge in [0, 0.05) is 122 Å². The van der Waals surface area contributed by atoms with Gasteiger partial charge in [-0.2, -0.15) is 25.5 Å². The molecule has 0 atom stereocenters. The number of anilines is 13. The number of fused-ring (bicyclic) bond motifs is 6. The molecule has 0 bridgehead atoms. The van der Waals surface area contributed by atoms with Crippen molar-refractivity contribution >= 4 is 148 Å². The van der Waals surface area contributed by atoms with Crippen molar-refractivity contribution in [3.05, 3.63) is 489 Å². The van der Waals surface area contributed by atoms with Crippen LogP contribution in [-0.2, 0) is 30.2 Å². The minimum absolute atomic E-state index is 0. The smallest absolute Gasteiger partial charge is 0.0652 e. The molecule has 17 aromatic carbocycles. The summed E-state index contributed by atoms with van der Waals surface area (Å²) in [5.41, 5.74) is 24.7. The summed E-state index contributed by atoms with van der Waals surface area (Å²) in [5, 5.41) is 38.9. The van der Waals surface area contributed by atoms with Gasteiger partial charge in [0.05, 0.1) is 76.0 Å². The van der Waals surface area contributed by atoms with E-state index in [1.807, 2.05) is 204 Å². The summed E-state index contributed by atoms with van der Waals surface area (Å²) in [6.45, 7) is 14.9. The standard InChI is InChI=1S/C31H25N3.C27H23N3.C23H25N3.C22H21N3.C19H22N2.C5H10.Fe/c1-5-13-27(14-6-1)33(28-15-7-2-8-16-28)29-23-21-26(22-24-29)25-32-34(30-17-9-3-10-18-30)31-19-11-4-12-20-31;1-2-29-26-16-10-9-15-24(26)25-19-21(17-18-27(25)29)20-28-30(22-11-5-3-6-12-22)23-13-7-4-8-14-23;1-3-25(4-2)21-17-15-20(16-18-21)19-24-26(22-11-7-5-8-12-22)23-13-9-6-10-14-23;1-3-25-21-12-8-7-11-19(21)20-15-17(13-14-22(20)25)16-23-24(2)18-9-5-4-6-10-18;1-16(17-10-8-9-11-17)20-21(18-12-4-2-5-13-18)19-14-6-3-7-15-19;1-2-4-5-3-1;/h1-25H;3-20H,2H2,1H3;5-19H,3-4H2,1-2H3;4-16H,3H2,1-2H3;2-7,12-15,17H,8-11H2,1H3;1-5H2;/b32-25+;28-20+;24-19+;23-16+;20-16+;;. The van der Waals surface area contributed by atoms with Gasteiger partial charge in [-0.1, -0.05) is 318 Å². The maximum absolute atomic E-state index is 4.95. The molecule has 2 heterocycles. The van der Waals surface area contributed by atoms with Crippen molar-refractivity contribution in [2.24, 2.45) is 31.4 Å². The molecule has 712 valence electrons. The van der Waals surface area contributed by atoms with Crippen molar-refractivity contribution in [1.29, 1.82) is 0 Å². The van der Waals surface area contributed by atoms with E-state index in [0.717, 1.165) is 117 Å². The molecule has 2 aromatic heterocycles. The SMILES string of the molecule is C(=N\N(c1ccccc1)c1ccccc1)/c1ccc(N(c2ccccc2)c2ccccc2)cc1.C/C(=N\N(c1ccccc1)c1ccccc1)C1CCCC1.C1CCCC1.CCN(CC)c1ccc(/C=N/N(c2ccccc2)c2ccccc2)cc1.CCn1c2ccccc2c2cc(/C=N/N(C)c3ccccc3)ccc21.CCn1c2ccccc2c2cc(/C=N/N(c3ccccc3)c3ccccc3)ccc21.[Fe]. The van der Waals surface area contributed by atoms with E-state index in [1.165, 1.54) is 113 Å². The Balaban J connectivity index is 0.000000133. The van der Waals surface area contributed by atoms with Gasteiger partial charge in [-0.3, -0.25) is 5.01 Å². The first-order valence-electron chi connectivity index (χ1n) is 49.6. The summed E-state index contributed by atoms with van der Waals surface area (Å²) >= 11 is 0. The summed E-state index contributed by atoms with van der Waals surface area (Å²) in [6.07, 6.45) is 20.4. The second-order valence-electron chi connectivity index (χ2n) is 34.7. The van der Waals surface area contributed by atoms with Gasteiger partial charge in [-0.25, -0.2) is 20.0 Å². The Kier molecular flexibility index (Phi) is 37.1. The van der Waals surface area contributed by atoms with Gasteiger partial charge in [0.15, 0.2) is 0 Å². The second-order valence-corrected chi connectivity index (χ2v) is 34.7. The first-order chi connectivity index (χ1) is 69.7. The zero-order chi connectivity index (χ0) is 96.8. The summed E-state index contributed by atoms with van der Waals surface area (Å²) in [6, 6.07) is 160. The van der Waals surface area contributed by atoms with Crippen LogP contribution in [-0.4, -0.2) is 59.8 Å². The van der Waals surface area contributed by atoms with E-state index >= 15 is 0 Å². The predicted molar refractivity (Wildman–Crippen MR) is 605 cm³/mol. The molecule has 15 heteroatoms. The molecule has 0 aliphatic heterocycles. The molecule has 0 saturated heterocycles. The molecule has 142 heavy (non-hydrogen) atoms. The van der Waals surface area contributed by atoms with Gasteiger partial charge < -0.3 is 18.9 Å². The third kappa shape index (κ3) is 26.8. The van der Waals surface area contributed by atoms with Gasteiger partial charge in [-0.15, -0.1) is 0 Å². The van der Waals surface area contributed by atoms with E-state index in [-0.39, 0.29) is 17.1 Å². The van der Waals surface area contributed by atoms with Crippen LogP contribution in [0.4, 0.5) is 73.9 Å². The molecule has 2 aliphatic rings. The van der Waals surface area contributed by atoms with E-state index < -0.39 is 0 Å². The Morgan fingerprint density at radius 3 is 0.810 bits per heavy atom. The Labute approximate surface area is 849 Å². The molecule has 0 N–H and O–H groups in total. The molecule has 19 aromatic rings. The molecule has 0 unspecified atom stereocenters. The van der Waals surface area contributed by atoms with Gasteiger partial charge in [0.25, 0.3) is 0 Å². The fourth-order valence-corrected chi connectivity index (χ4v) is 18.0. The van der Waals surface area contributed by atoms with Gasteiger partial charge in [0.1, 0.15) is 0 Å². The minimum atomic E-state index is 0. The Hall–Kier alpha value is -16.2. The third-order valence-electron chi connectivity index (χ3n) is 25.4. The number of rotatable bonds is 27. The number of hydrazone groups is 5. The van der Waals surface area contributed by atoms with E-state index in [2.05, 4.69) is 379 Å². The maximum atomic E-state index is 4.95. The van der Waals surface area contributed by atoms with Crippen LogP contribution in [0, 0.1) is 5.92 Å². The fraction of sp³-hybridized carbons (Fsp3) is 0.157. The molecular weight excluding hydrogens is 1780 g/mol. The van der Waals surface area contributed by atoms with Gasteiger partial charge >= 0.3 is 0 Å². The third-order valence-corrected chi connectivity index (χ3v) is 25.4. The molecule has 14 nitrogen and oxygen atoms in total. The number of hydrogen-bond acceptors (Lipinski definition) is 12. The zero-order valence-electron chi connectivity index (χ0n) is 82.1. The van der Waals surface area contributed by atoms with Crippen LogP contribution in [0.2, 0.25) is 0 Å². The summed E-state index contributed by atoms with van der Waals surface area (Å²) < 4.78 is 4.73. The van der Waals surface area contributed by atoms with Crippen molar-refractivity contribution in [3.63, 3.8) is 0 Å². The van der Waals surface area contributed by atoms with Gasteiger partial charge in [-0.05, 0) is 270 Å². The predicted octanol–water partition coefficient (Wildman–Crippen LogP) is 33.6. The number of aryl methyl sites for hydroxylation is 2. The molecule has 21 rings (SSSR count). The number of nitrogens with zero attached hydrogens (tertiary/aromatic N) is 14. The summed E-state index contributed by atoms with van der Waals surface area (Å²) in [4.78, 5) is 4.59. The van der Waals surface area contributed by atoms with Crippen LogP contribution < -0.4 is 34.8 Å². The monoisotopic (exact) mass is 1900 g/mol. The Morgan fingerprint density at radius 2 is 0.500 bits per heavy atom. The Morgan fingerprint density at radius 1 is 0.254 bits per heavy atom. The molecular formula is C127H126FeN14. The average Bonchev–Trinajstić information content (AvgIpc) is 1.63. The van der Waals surface area contributed by atoms with Crippen molar-refractivity contribution < 1.29 is 17.1 Å². The molecule has 2 saturated carbocycles. The van der Waals surface area contributed by atoms with Gasteiger partial charge in [0.2, 0.25) is 0 Å². The summed E-state index contributed by atoms with van der Waals surface area (Å²) in [7, 11) is 1.97. The average molecular weight is 1900 g/mol. The number of benzene rings is 17. The molecule has 0 amide bonds. The summed E-state index contributed by atoms with van der Waals surface area (Å²) in [5.74, 6) is 0.653. The Bertz CT molecular complexity index is 6920. The van der Waals surface area contributed by atoms with Crippen LogP contribution >= 0.6 is 0 Å². The van der Waals surface area contributed by atoms with Crippen LogP contribution in [0.25, 0.3) is 43.6 Å². The quantitative estimate of drug-likeness (QED) is 0.0288. The number of aromatic nitrogens is 2. The second kappa shape index (κ2) is 52.5. The minimum Gasteiger partial charge on any atom is -0.372 e. The first kappa shape index (κ1) is 100. The van der Waals surface area contributed by atoms with Crippen molar-refractivity contribution in [1.82, 2.24) is 9.13 Å². The van der Waals surface area contributed by atoms with E-state index in [0.29, 0.717) is 5.92 Å². The zero-order valence-corrected chi connectivity index (χ0v) is 83.3. The topological polar surface area (TPSA) is 94.3 Å². The number of hydrogen-bond donors (Lipinski definition) is 0. The van der Waals surface area contributed by atoms with Crippen LogP contribution in [0.15, 0.2) is 493 Å². The fourth-order valence-electron chi connectivity index (χ4n) is 18.0. The van der Waals surface area contributed by atoms with E-state index in [9.17, 15) is 0 Å². The number of para-hydroxylation sites is 13. The normalized spacial score (nSPS) is 12.3. The van der Waals surface area contributed by atoms with E-state index in [1.54, 1.807) is 0 Å². The molecule has 2 aliphatic carbocycles. The van der Waals surface area contributed by atoms with E-state index in [4.69, 9.17) is 20.4 Å². The van der Waals surface area contributed by atoms with Crippen molar-refractivity contribution in [2.45, 2.75) is 105 Å². The molecule has 0 radical (unpaired) electrons. The largest absolute Gasteiger partial charge is 0.372 e. The first-order valence-corrected chi connectivity index (χ1v) is 49.6. The molecule has 0 spiro atoms. The van der Waals surface area contributed by atoms with Crippen LogP contribution in [0.5, 0.6) is 0 Å².